The molecule has 0 spiro atoms. The molecule has 1 aromatic heterocycles. The van der Waals surface area contributed by atoms with Crippen molar-refractivity contribution in [3.63, 3.8) is 0 Å². The third-order valence-corrected chi connectivity index (χ3v) is 5.31. The summed E-state index contributed by atoms with van der Waals surface area (Å²) in [4.78, 5) is 8.99. The molecule has 2 unspecified atom stereocenters. The average molecular weight is 274 g/mol. The molecule has 0 aromatic carbocycles. The Bertz CT molecular complexity index is 474. The smallest absolute Gasteiger partial charge is 0.133 e. The molecule has 2 atom stereocenters. The number of anilines is 1. The number of hydrogen-bond acceptors (Lipinski definition) is 4. The second kappa shape index (κ2) is 5.68. The highest BCUT2D eigenvalue weighted by Gasteiger charge is 2.37. The second-order valence-electron chi connectivity index (χ2n) is 6.49. The summed E-state index contributed by atoms with van der Waals surface area (Å²) in [6.07, 6.45) is 11.4. The zero-order valence-electron chi connectivity index (χ0n) is 12.5. The van der Waals surface area contributed by atoms with Gasteiger partial charge in [0.05, 0.1) is 5.54 Å². The van der Waals surface area contributed by atoms with Gasteiger partial charge in [-0.2, -0.15) is 0 Å². The van der Waals surface area contributed by atoms with Gasteiger partial charge in [0, 0.05) is 17.8 Å². The minimum atomic E-state index is 0.0256. The molecule has 4 heteroatoms. The molecule has 2 aliphatic carbocycles. The summed E-state index contributed by atoms with van der Waals surface area (Å²) >= 11 is 0. The predicted molar refractivity (Wildman–Crippen MR) is 81.7 cm³/mol. The summed E-state index contributed by atoms with van der Waals surface area (Å²) < 4.78 is 0. The van der Waals surface area contributed by atoms with Crippen LogP contribution in [0.4, 0.5) is 5.82 Å². The lowest BCUT2D eigenvalue weighted by atomic mass is 9.73. The van der Waals surface area contributed by atoms with Gasteiger partial charge in [0.15, 0.2) is 0 Å². The van der Waals surface area contributed by atoms with Crippen molar-refractivity contribution >= 4 is 5.82 Å². The van der Waals surface area contributed by atoms with E-state index >= 15 is 0 Å². The van der Waals surface area contributed by atoms with E-state index in [1.54, 1.807) is 6.33 Å². The molecule has 1 saturated carbocycles. The first-order valence-electron chi connectivity index (χ1n) is 8.06. The normalized spacial score (nSPS) is 29.8. The van der Waals surface area contributed by atoms with Gasteiger partial charge in [0.1, 0.15) is 12.1 Å². The summed E-state index contributed by atoms with van der Waals surface area (Å²) in [5, 5.41) is 3.75. The minimum Gasteiger partial charge on any atom is -0.363 e. The summed E-state index contributed by atoms with van der Waals surface area (Å²) in [5.41, 5.74) is 8.75. The molecule has 3 N–H and O–H groups in total. The Hall–Kier alpha value is -1.16. The van der Waals surface area contributed by atoms with Gasteiger partial charge in [0.2, 0.25) is 0 Å². The van der Waals surface area contributed by atoms with Gasteiger partial charge in [-0.25, -0.2) is 9.97 Å². The van der Waals surface area contributed by atoms with E-state index in [1.807, 2.05) is 0 Å². The molecule has 0 amide bonds. The first-order valence-corrected chi connectivity index (χ1v) is 8.06. The van der Waals surface area contributed by atoms with Crippen LogP contribution in [0.3, 0.4) is 0 Å². The van der Waals surface area contributed by atoms with Crippen LogP contribution in [0, 0.1) is 5.92 Å². The Balaban J connectivity index is 1.89. The van der Waals surface area contributed by atoms with Gasteiger partial charge in [0.25, 0.3) is 0 Å². The van der Waals surface area contributed by atoms with Crippen LogP contribution in [0.25, 0.3) is 0 Å². The molecule has 3 rings (SSSR count). The molecule has 20 heavy (non-hydrogen) atoms. The lowest BCUT2D eigenvalue weighted by Crippen LogP contribution is -2.52. The Kier molecular flexibility index (Phi) is 3.92. The minimum absolute atomic E-state index is 0.0256. The fraction of sp³-hybridized carbons (Fsp3) is 0.750. The van der Waals surface area contributed by atoms with Crippen molar-refractivity contribution in [3.8, 4) is 0 Å². The number of aromatic nitrogens is 2. The third kappa shape index (κ3) is 2.41. The highest BCUT2D eigenvalue weighted by atomic mass is 15.1. The Morgan fingerprint density at radius 2 is 2.10 bits per heavy atom. The van der Waals surface area contributed by atoms with Crippen LogP contribution < -0.4 is 11.1 Å². The number of rotatable bonds is 3. The zero-order chi connectivity index (χ0) is 14.0. The monoisotopic (exact) mass is 274 g/mol. The van der Waals surface area contributed by atoms with E-state index in [9.17, 15) is 0 Å². The van der Waals surface area contributed by atoms with Gasteiger partial charge in [-0.05, 0) is 44.4 Å². The molecule has 1 aromatic rings. The molecule has 0 bridgehead atoms. The van der Waals surface area contributed by atoms with Crippen molar-refractivity contribution in [3.05, 3.63) is 17.6 Å². The van der Waals surface area contributed by atoms with Crippen molar-refractivity contribution in [1.82, 2.24) is 9.97 Å². The highest BCUT2D eigenvalue weighted by Crippen LogP contribution is 2.37. The van der Waals surface area contributed by atoms with Gasteiger partial charge in [-0.3, -0.25) is 0 Å². The fourth-order valence-corrected chi connectivity index (χ4v) is 3.82. The van der Waals surface area contributed by atoms with Crippen LogP contribution >= 0.6 is 0 Å². The number of aryl methyl sites for hydroxylation is 1. The zero-order valence-corrected chi connectivity index (χ0v) is 12.5. The molecular formula is C16H26N4. The van der Waals surface area contributed by atoms with Crippen LogP contribution in [0.15, 0.2) is 6.33 Å². The lowest BCUT2D eigenvalue weighted by molar-refractivity contribution is 0.235. The van der Waals surface area contributed by atoms with Crippen LogP contribution in [0.1, 0.15) is 56.7 Å². The molecule has 4 nitrogen and oxygen atoms in total. The maximum atomic E-state index is 6.15. The van der Waals surface area contributed by atoms with Gasteiger partial charge in [-0.1, -0.05) is 19.8 Å². The topological polar surface area (TPSA) is 63.8 Å². The number of nitrogens with zero attached hydrogens (tertiary/aromatic N) is 2. The van der Waals surface area contributed by atoms with Crippen LogP contribution in [0.2, 0.25) is 0 Å². The maximum Gasteiger partial charge on any atom is 0.133 e. The van der Waals surface area contributed by atoms with E-state index in [-0.39, 0.29) is 5.54 Å². The summed E-state index contributed by atoms with van der Waals surface area (Å²) in [5.74, 6) is 1.66. The van der Waals surface area contributed by atoms with E-state index in [1.165, 1.54) is 43.4 Å². The first-order chi connectivity index (χ1) is 9.75. The Morgan fingerprint density at radius 1 is 1.25 bits per heavy atom. The predicted octanol–water partition coefficient (Wildman–Crippen LogP) is 2.67. The van der Waals surface area contributed by atoms with E-state index in [4.69, 9.17) is 5.73 Å². The SMILES string of the molecule is CC1CCCCC1(CN)Nc1ncnc2c1CCCC2. The molecule has 1 heterocycles. The third-order valence-electron chi connectivity index (χ3n) is 5.31. The summed E-state index contributed by atoms with van der Waals surface area (Å²) in [6, 6.07) is 0. The number of hydrogen-bond donors (Lipinski definition) is 2. The lowest BCUT2D eigenvalue weighted by Gasteiger charge is -2.43. The van der Waals surface area contributed by atoms with E-state index in [0.717, 1.165) is 25.1 Å². The Morgan fingerprint density at radius 3 is 2.90 bits per heavy atom. The van der Waals surface area contributed by atoms with Crippen LogP contribution in [-0.4, -0.2) is 22.1 Å². The number of nitrogens with two attached hydrogens (primary N) is 1. The quantitative estimate of drug-likeness (QED) is 0.889. The number of nitrogens with one attached hydrogen (secondary N) is 1. The van der Waals surface area contributed by atoms with Crippen molar-refractivity contribution < 1.29 is 0 Å². The fourth-order valence-electron chi connectivity index (χ4n) is 3.82. The van der Waals surface area contributed by atoms with Gasteiger partial charge >= 0.3 is 0 Å². The summed E-state index contributed by atoms with van der Waals surface area (Å²) in [7, 11) is 0. The van der Waals surface area contributed by atoms with Gasteiger partial charge in [-0.15, -0.1) is 0 Å². The molecule has 0 radical (unpaired) electrons. The van der Waals surface area contributed by atoms with Crippen molar-refractivity contribution in [2.75, 3.05) is 11.9 Å². The largest absolute Gasteiger partial charge is 0.363 e. The molecule has 2 aliphatic rings. The average Bonchev–Trinajstić information content (AvgIpc) is 2.50. The maximum absolute atomic E-state index is 6.15. The van der Waals surface area contributed by atoms with Crippen LogP contribution in [-0.2, 0) is 12.8 Å². The highest BCUT2D eigenvalue weighted by molar-refractivity contribution is 5.49. The van der Waals surface area contributed by atoms with E-state index in [0.29, 0.717) is 12.5 Å². The standard InChI is InChI=1S/C16H26N4/c1-12-6-4-5-9-16(12,10-17)20-15-13-7-2-3-8-14(13)18-11-19-15/h11-12H,2-10,17H2,1H3,(H,18,19,20). The molecule has 0 saturated heterocycles. The van der Waals surface area contributed by atoms with E-state index < -0.39 is 0 Å². The van der Waals surface area contributed by atoms with Crippen LogP contribution in [0.5, 0.6) is 0 Å². The number of fused-ring (bicyclic) bond motifs is 1. The van der Waals surface area contributed by atoms with Crippen molar-refractivity contribution in [2.24, 2.45) is 11.7 Å². The molecule has 0 aliphatic heterocycles. The van der Waals surface area contributed by atoms with Crippen molar-refractivity contribution in [1.29, 1.82) is 0 Å². The van der Waals surface area contributed by atoms with Crippen molar-refractivity contribution in [2.45, 2.75) is 63.8 Å². The Labute approximate surface area is 121 Å². The second-order valence-corrected chi connectivity index (χ2v) is 6.49. The van der Waals surface area contributed by atoms with Gasteiger partial charge < -0.3 is 11.1 Å². The summed E-state index contributed by atoms with van der Waals surface area (Å²) in [6.45, 7) is 3.01. The molecule has 1 fully saturated rings. The molecular weight excluding hydrogens is 248 g/mol. The van der Waals surface area contributed by atoms with E-state index in [2.05, 4.69) is 22.2 Å². The molecule has 110 valence electrons. The first kappa shape index (κ1) is 13.8.